The summed E-state index contributed by atoms with van der Waals surface area (Å²) in [4.78, 5) is 11.6. The third-order valence-corrected chi connectivity index (χ3v) is 3.59. The van der Waals surface area contributed by atoms with Gasteiger partial charge in [-0.15, -0.1) is 11.8 Å². The Balaban J connectivity index is 2.47. The molecule has 0 aliphatic heterocycles. The van der Waals surface area contributed by atoms with Crippen LogP contribution >= 0.6 is 11.8 Å². The number of esters is 1. The van der Waals surface area contributed by atoms with Gasteiger partial charge in [0.2, 0.25) is 0 Å². The normalized spacial score (nSPS) is 12.8. The van der Waals surface area contributed by atoms with Gasteiger partial charge >= 0.3 is 5.97 Å². The van der Waals surface area contributed by atoms with E-state index in [1.54, 1.807) is 0 Å². The molecule has 0 bridgehead atoms. The zero-order valence-corrected chi connectivity index (χ0v) is 14.0. The van der Waals surface area contributed by atoms with Gasteiger partial charge < -0.3 is 15.2 Å². The van der Waals surface area contributed by atoms with E-state index in [1.165, 1.54) is 11.8 Å². The third kappa shape index (κ3) is 6.87. The summed E-state index contributed by atoms with van der Waals surface area (Å²) in [6.45, 7) is 8.13. The summed E-state index contributed by atoms with van der Waals surface area (Å²) < 4.78 is 10.8. The molecule has 4 nitrogen and oxygen atoms in total. The Hall–Kier alpha value is -1.20. The molecule has 1 aromatic rings. The molecular formula is C16H25NO3S. The molecule has 0 amide bonds. The van der Waals surface area contributed by atoms with E-state index in [0.717, 1.165) is 11.3 Å². The lowest BCUT2D eigenvalue weighted by molar-refractivity contribution is -0.151. The Morgan fingerprint density at radius 2 is 2.00 bits per heavy atom. The van der Waals surface area contributed by atoms with Crippen LogP contribution in [0.5, 0.6) is 5.75 Å². The zero-order chi connectivity index (χ0) is 15.9. The molecule has 0 spiro atoms. The van der Waals surface area contributed by atoms with Crippen LogP contribution in [0, 0.1) is 0 Å². The first-order valence-corrected chi connectivity index (χ1v) is 8.26. The van der Waals surface area contributed by atoms with Crippen molar-refractivity contribution >= 4 is 17.7 Å². The number of carbonyl (C=O) groups is 1. The molecule has 0 aliphatic rings. The van der Waals surface area contributed by atoms with Gasteiger partial charge in [-0.3, -0.25) is 4.79 Å². The molecule has 1 aromatic carbocycles. The molecule has 0 radical (unpaired) electrons. The van der Waals surface area contributed by atoms with E-state index in [9.17, 15) is 4.79 Å². The van der Waals surface area contributed by atoms with Gasteiger partial charge in [0.25, 0.3) is 0 Å². The highest BCUT2D eigenvalue weighted by atomic mass is 32.2. The van der Waals surface area contributed by atoms with Crippen LogP contribution in [0.1, 0.15) is 39.3 Å². The van der Waals surface area contributed by atoms with Crippen LogP contribution < -0.4 is 10.5 Å². The van der Waals surface area contributed by atoms with Crippen LogP contribution in [-0.2, 0) is 9.53 Å². The minimum absolute atomic E-state index is 0.166. The molecule has 0 heterocycles. The van der Waals surface area contributed by atoms with Crippen molar-refractivity contribution < 1.29 is 14.3 Å². The van der Waals surface area contributed by atoms with Gasteiger partial charge in [0.1, 0.15) is 11.4 Å². The molecule has 21 heavy (non-hydrogen) atoms. The minimum Gasteiger partial charge on any atom is -0.494 e. The van der Waals surface area contributed by atoms with Crippen molar-refractivity contribution in [3.8, 4) is 5.75 Å². The summed E-state index contributed by atoms with van der Waals surface area (Å²) in [6.07, 6.45) is 0. The smallest absolute Gasteiger partial charge is 0.316 e. The molecule has 118 valence electrons. The highest BCUT2D eigenvalue weighted by Crippen LogP contribution is 2.26. The third-order valence-electron chi connectivity index (χ3n) is 2.56. The maximum atomic E-state index is 11.6. The molecule has 1 rings (SSSR count). The number of para-hydroxylation sites is 1. The maximum Gasteiger partial charge on any atom is 0.316 e. The fourth-order valence-electron chi connectivity index (χ4n) is 1.80. The fraction of sp³-hybridized carbons (Fsp3) is 0.562. The number of benzene rings is 1. The highest BCUT2D eigenvalue weighted by molar-refractivity contribution is 7.99. The molecule has 2 N–H and O–H groups in total. The number of hydrogen-bond donors (Lipinski definition) is 1. The van der Waals surface area contributed by atoms with Crippen molar-refractivity contribution in [1.29, 1.82) is 0 Å². The maximum absolute atomic E-state index is 11.6. The molecule has 1 atom stereocenters. The number of carbonyl (C=O) groups excluding carboxylic acids is 1. The predicted molar refractivity (Wildman–Crippen MR) is 87.7 cm³/mol. The van der Waals surface area contributed by atoms with Gasteiger partial charge in [-0.1, -0.05) is 18.2 Å². The Morgan fingerprint density at radius 1 is 1.33 bits per heavy atom. The average molecular weight is 311 g/mol. The van der Waals surface area contributed by atoms with E-state index in [4.69, 9.17) is 15.2 Å². The van der Waals surface area contributed by atoms with Crippen molar-refractivity contribution in [3.05, 3.63) is 29.8 Å². The van der Waals surface area contributed by atoms with Crippen molar-refractivity contribution in [3.63, 3.8) is 0 Å². The Labute approximate surface area is 131 Å². The molecule has 0 saturated heterocycles. The van der Waals surface area contributed by atoms with Crippen LogP contribution in [0.25, 0.3) is 0 Å². The van der Waals surface area contributed by atoms with Gasteiger partial charge in [-0.2, -0.15) is 0 Å². The number of hydrogen-bond acceptors (Lipinski definition) is 5. The van der Waals surface area contributed by atoms with Gasteiger partial charge in [0.05, 0.1) is 12.4 Å². The van der Waals surface area contributed by atoms with E-state index in [0.29, 0.717) is 18.1 Å². The van der Waals surface area contributed by atoms with E-state index in [1.807, 2.05) is 52.0 Å². The monoisotopic (exact) mass is 311 g/mol. The second-order valence-corrected chi connectivity index (χ2v) is 6.71. The van der Waals surface area contributed by atoms with Crippen LogP contribution in [-0.4, -0.2) is 29.7 Å². The lowest BCUT2D eigenvalue weighted by Gasteiger charge is -2.20. The number of ether oxygens (including phenoxy) is 2. The van der Waals surface area contributed by atoms with E-state index < -0.39 is 5.60 Å². The summed E-state index contributed by atoms with van der Waals surface area (Å²) in [5.41, 5.74) is 6.71. The standard InChI is InChI=1S/C16H25NO3S/c1-5-19-14-9-7-6-8-12(14)13(17)10-21-11-15(18)20-16(2,3)4/h6-9,13H,5,10-11,17H2,1-4H3. The van der Waals surface area contributed by atoms with Gasteiger partial charge in [-0.25, -0.2) is 0 Å². The summed E-state index contributed by atoms with van der Waals surface area (Å²) in [7, 11) is 0. The minimum atomic E-state index is -0.443. The Kier molecular flexibility index (Phi) is 7.05. The largest absolute Gasteiger partial charge is 0.494 e. The Bertz CT molecular complexity index is 457. The first kappa shape index (κ1) is 17.9. The van der Waals surface area contributed by atoms with Crippen molar-refractivity contribution in [2.45, 2.75) is 39.3 Å². The topological polar surface area (TPSA) is 61.5 Å². The van der Waals surface area contributed by atoms with Crippen molar-refractivity contribution in [2.24, 2.45) is 5.73 Å². The summed E-state index contributed by atoms with van der Waals surface area (Å²) >= 11 is 1.48. The SMILES string of the molecule is CCOc1ccccc1C(N)CSCC(=O)OC(C)(C)C. The number of rotatable bonds is 7. The first-order chi connectivity index (χ1) is 9.83. The summed E-state index contributed by atoms with van der Waals surface area (Å²) in [5.74, 6) is 1.55. The fourth-order valence-corrected chi connectivity index (χ4v) is 2.58. The number of nitrogens with two attached hydrogens (primary N) is 1. The Morgan fingerprint density at radius 3 is 2.62 bits per heavy atom. The lowest BCUT2D eigenvalue weighted by Crippen LogP contribution is -2.25. The molecule has 0 aliphatic carbocycles. The van der Waals surface area contributed by atoms with Gasteiger partial charge in [-0.05, 0) is 33.8 Å². The predicted octanol–water partition coefficient (Wildman–Crippen LogP) is 3.16. The van der Waals surface area contributed by atoms with Crippen LogP contribution in [0.2, 0.25) is 0 Å². The molecule has 5 heteroatoms. The second-order valence-electron chi connectivity index (χ2n) is 5.68. The molecule has 0 fully saturated rings. The van der Waals surface area contributed by atoms with Crippen LogP contribution in [0.3, 0.4) is 0 Å². The van der Waals surface area contributed by atoms with E-state index >= 15 is 0 Å². The van der Waals surface area contributed by atoms with Crippen LogP contribution in [0.15, 0.2) is 24.3 Å². The van der Waals surface area contributed by atoms with Crippen LogP contribution in [0.4, 0.5) is 0 Å². The zero-order valence-electron chi connectivity index (χ0n) is 13.2. The summed E-state index contributed by atoms with van der Waals surface area (Å²) in [5, 5.41) is 0. The molecule has 0 aromatic heterocycles. The average Bonchev–Trinajstić information content (AvgIpc) is 2.37. The van der Waals surface area contributed by atoms with E-state index in [2.05, 4.69) is 0 Å². The quantitative estimate of drug-likeness (QED) is 0.784. The van der Waals surface area contributed by atoms with Crippen molar-refractivity contribution in [2.75, 3.05) is 18.1 Å². The molecular weight excluding hydrogens is 286 g/mol. The molecule has 1 unspecified atom stereocenters. The summed E-state index contributed by atoms with van der Waals surface area (Å²) in [6, 6.07) is 7.58. The number of thioether (sulfide) groups is 1. The molecule has 0 saturated carbocycles. The highest BCUT2D eigenvalue weighted by Gasteiger charge is 2.17. The van der Waals surface area contributed by atoms with Gasteiger partial charge in [0.15, 0.2) is 0 Å². The lowest BCUT2D eigenvalue weighted by atomic mass is 10.1. The first-order valence-electron chi connectivity index (χ1n) is 7.10. The second kappa shape index (κ2) is 8.29. The van der Waals surface area contributed by atoms with Crippen molar-refractivity contribution in [1.82, 2.24) is 0 Å². The van der Waals surface area contributed by atoms with Gasteiger partial charge in [0, 0.05) is 17.4 Å². The van der Waals surface area contributed by atoms with E-state index in [-0.39, 0.29) is 12.0 Å².